The summed E-state index contributed by atoms with van der Waals surface area (Å²) in [5, 5.41) is 7.42. The number of alkyl halides is 5. The normalized spacial score (nSPS) is 17.0. The molecule has 1 saturated heterocycles. The summed E-state index contributed by atoms with van der Waals surface area (Å²) < 4.78 is 66.0. The number of guanidine groups is 2. The number of carboxylic acids is 1. The molecule has 0 saturated carbocycles. The lowest BCUT2D eigenvalue weighted by Gasteiger charge is -2.16. The Labute approximate surface area is 156 Å². The standard InChI is InChI=1S/C13H14F5N5O.C2H4O2/c14-12(15)5-6-23(7-12)11(20)22-10(19)21-8-1-3-9(4-2-8)24-13(16,17)18;1-2(3)4/h1-4H,5-7H2,(H4,19,20,21,22);1H3,(H,3,4). The summed E-state index contributed by atoms with van der Waals surface area (Å²) in [6, 6.07) is 4.55. The molecule has 8 nitrogen and oxygen atoms in total. The van der Waals surface area contributed by atoms with Crippen LogP contribution in [0.25, 0.3) is 0 Å². The van der Waals surface area contributed by atoms with Crippen LogP contribution in [0.1, 0.15) is 13.3 Å². The van der Waals surface area contributed by atoms with Gasteiger partial charge in [-0.15, -0.1) is 13.2 Å². The fraction of sp³-hybridized carbons (Fsp3) is 0.400. The number of aliphatic imine (C=N–C) groups is 2. The number of hydrogen-bond acceptors (Lipinski definition) is 3. The van der Waals surface area contributed by atoms with Crippen LogP contribution in [0, 0.1) is 0 Å². The first kappa shape index (κ1) is 22.9. The van der Waals surface area contributed by atoms with Crippen LogP contribution >= 0.6 is 0 Å². The number of rotatable bonds is 2. The Bertz CT molecular complexity index is 731. The van der Waals surface area contributed by atoms with Gasteiger partial charge in [-0.25, -0.2) is 13.8 Å². The van der Waals surface area contributed by atoms with Crippen LogP contribution in [0.2, 0.25) is 0 Å². The van der Waals surface area contributed by atoms with Crippen molar-refractivity contribution in [3.8, 4) is 5.75 Å². The van der Waals surface area contributed by atoms with E-state index < -0.39 is 30.5 Å². The number of carbonyl (C=O) groups is 1. The molecule has 1 aliphatic rings. The summed E-state index contributed by atoms with van der Waals surface area (Å²) in [4.78, 5) is 17.7. The molecule has 0 spiro atoms. The smallest absolute Gasteiger partial charge is 0.481 e. The number of nitrogens with zero attached hydrogens (tertiary/aromatic N) is 3. The molecule has 0 atom stereocenters. The molecule has 1 heterocycles. The number of likely N-dealkylation sites (tertiary alicyclic amines) is 1. The molecule has 0 aliphatic carbocycles. The molecule has 1 aromatic carbocycles. The Morgan fingerprint density at radius 1 is 1.25 bits per heavy atom. The first-order valence-corrected chi connectivity index (χ1v) is 7.64. The molecule has 156 valence electrons. The quantitative estimate of drug-likeness (QED) is 0.389. The van der Waals surface area contributed by atoms with Gasteiger partial charge < -0.3 is 26.2 Å². The lowest BCUT2D eigenvalue weighted by Crippen LogP contribution is -2.38. The SMILES string of the molecule is CC(=O)O.NC(=Nc1ccc(OC(F)(F)F)cc1)N=C(N)N1CCC(F)(F)C1. The van der Waals surface area contributed by atoms with Gasteiger partial charge in [-0.1, -0.05) is 0 Å². The third-order valence-electron chi connectivity index (χ3n) is 3.04. The van der Waals surface area contributed by atoms with E-state index in [1.165, 1.54) is 17.0 Å². The van der Waals surface area contributed by atoms with E-state index >= 15 is 0 Å². The minimum Gasteiger partial charge on any atom is -0.481 e. The van der Waals surface area contributed by atoms with Gasteiger partial charge in [-0.05, 0) is 24.3 Å². The Kier molecular flexibility index (Phi) is 7.52. The van der Waals surface area contributed by atoms with Crippen LogP contribution in [-0.2, 0) is 4.79 Å². The van der Waals surface area contributed by atoms with E-state index in [1.54, 1.807) is 0 Å². The highest BCUT2D eigenvalue weighted by Gasteiger charge is 2.39. The van der Waals surface area contributed by atoms with Crippen molar-refractivity contribution in [2.45, 2.75) is 25.6 Å². The first-order chi connectivity index (χ1) is 12.8. The second-order valence-electron chi connectivity index (χ2n) is 5.53. The molecule has 13 heteroatoms. The lowest BCUT2D eigenvalue weighted by atomic mass is 10.3. The molecule has 1 aliphatic heterocycles. The minimum atomic E-state index is -4.79. The molecule has 5 N–H and O–H groups in total. The van der Waals surface area contributed by atoms with E-state index in [2.05, 4.69) is 14.7 Å². The van der Waals surface area contributed by atoms with Crippen molar-refractivity contribution in [1.82, 2.24) is 4.90 Å². The molecule has 0 aromatic heterocycles. The summed E-state index contributed by atoms with van der Waals surface area (Å²) in [6.45, 7) is 0.568. The van der Waals surface area contributed by atoms with Crippen LogP contribution in [0.4, 0.5) is 27.6 Å². The topological polar surface area (TPSA) is 127 Å². The van der Waals surface area contributed by atoms with Crippen molar-refractivity contribution in [3.63, 3.8) is 0 Å². The predicted molar refractivity (Wildman–Crippen MR) is 90.5 cm³/mol. The Hall–Kier alpha value is -3.12. The van der Waals surface area contributed by atoms with Crippen LogP contribution in [0.15, 0.2) is 34.3 Å². The van der Waals surface area contributed by atoms with Crippen molar-refractivity contribution >= 4 is 23.6 Å². The monoisotopic (exact) mass is 411 g/mol. The second kappa shape index (κ2) is 9.19. The minimum absolute atomic E-state index is 0.0408. The van der Waals surface area contributed by atoms with Gasteiger partial charge in [-0.3, -0.25) is 4.79 Å². The van der Waals surface area contributed by atoms with E-state index in [0.717, 1.165) is 19.1 Å². The highest BCUT2D eigenvalue weighted by atomic mass is 19.4. The van der Waals surface area contributed by atoms with Gasteiger partial charge in [0.2, 0.25) is 5.96 Å². The van der Waals surface area contributed by atoms with Gasteiger partial charge in [0.1, 0.15) is 5.75 Å². The third kappa shape index (κ3) is 9.00. The van der Waals surface area contributed by atoms with Gasteiger partial charge >= 0.3 is 6.36 Å². The molecule has 28 heavy (non-hydrogen) atoms. The molecule has 0 bridgehead atoms. The lowest BCUT2D eigenvalue weighted by molar-refractivity contribution is -0.274. The van der Waals surface area contributed by atoms with Gasteiger partial charge in [0, 0.05) is 19.9 Å². The van der Waals surface area contributed by atoms with Crippen molar-refractivity contribution in [1.29, 1.82) is 0 Å². The van der Waals surface area contributed by atoms with E-state index in [-0.39, 0.29) is 30.6 Å². The number of halogens is 5. The van der Waals surface area contributed by atoms with Gasteiger partial charge in [0.15, 0.2) is 5.96 Å². The number of aliphatic carboxylic acids is 1. The number of nitrogens with two attached hydrogens (primary N) is 2. The van der Waals surface area contributed by atoms with E-state index in [4.69, 9.17) is 21.4 Å². The highest BCUT2D eigenvalue weighted by molar-refractivity contribution is 5.94. The zero-order chi connectivity index (χ0) is 21.5. The summed E-state index contributed by atoms with van der Waals surface area (Å²) in [5.41, 5.74) is 11.3. The van der Waals surface area contributed by atoms with Crippen molar-refractivity contribution < 1.29 is 36.6 Å². The number of hydrogen-bond donors (Lipinski definition) is 3. The maximum Gasteiger partial charge on any atom is 0.573 e. The summed E-state index contributed by atoms with van der Waals surface area (Å²) in [5.74, 6) is -4.60. The van der Waals surface area contributed by atoms with Gasteiger partial charge in [0.05, 0.1) is 12.2 Å². The van der Waals surface area contributed by atoms with E-state index in [0.29, 0.717) is 0 Å². The maximum absolute atomic E-state index is 13.1. The molecular formula is C15H18F5N5O3. The first-order valence-electron chi connectivity index (χ1n) is 7.64. The fourth-order valence-electron chi connectivity index (χ4n) is 2.00. The third-order valence-corrected chi connectivity index (χ3v) is 3.04. The molecule has 1 aromatic rings. The molecule has 0 unspecified atom stereocenters. The van der Waals surface area contributed by atoms with E-state index in [1.807, 2.05) is 0 Å². The number of ether oxygens (including phenoxy) is 1. The average molecular weight is 411 g/mol. The molecule has 1 fully saturated rings. The maximum atomic E-state index is 13.1. The summed E-state index contributed by atoms with van der Waals surface area (Å²) in [6.07, 6.45) is -5.12. The highest BCUT2D eigenvalue weighted by Crippen LogP contribution is 2.27. The van der Waals surface area contributed by atoms with Crippen molar-refractivity contribution in [2.24, 2.45) is 21.5 Å². The molecule has 0 amide bonds. The zero-order valence-electron chi connectivity index (χ0n) is 14.6. The van der Waals surface area contributed by atoms with Crippen LogP contribution in [0.3, 0.4) is 0 Å². The molecule has 0 radical (unpaired) electrons. The Balaban J connectivity index is 0.000000892. The van der Waals surface area contributed by atoms with Crippen molar-refractivity contribution in [2.75, 3.05) is 13.1 Å². The second-order valence-corrected chi connectivity index (χ2v) is 5.53. The van der Waals surface area contributed by atoms with Crippen molar-refractivity contribution in [3.05, 3.63) is 24.3 Å². The molecule has 2 rings (SSSR count). The zero-order valence-corrected chi connectivity index (χ0v) is 14.6. The van der Waals surface area contributed by atoms with Crippen LogP contribution in [-0.4, -0.2) is 53.3 Å². The molecular weight excluding hydrogens is 393 g/mol. The summed E-state index contributed by atoms with van der Waals surface area (Å²) in [7, 11) is 0. The largest absolute Gasteiger partial charge is 0.573 e. The van der Waals surface area contributed by atoms with E-state index in [9.17, 15) is 22.0 Å². The predicted octanol–water partition coefficient (Wildman–Crippen LogP) is 2.28. The fourth-order valence-corrected chi connectivity index (χ4v) is 2.00. The Morgan fingerprint density at radius 3 is 2.21 bits per heavy atom. The summed E-state index contributed by atoms with van der Waals surface area (Å²) >= 11 is 0. The number of benzene rings is 1. The average Bonchev–Trinajstić information content (AvgIpc) is 2.87. The van der Waals surface area contributed by atoms with Crippen LogP contribution < -0.4 is 16.2 Å². The van der Waals surface area contributed by atoms with Gasteiger partial charge in [-0.2, -0.15) is 4.99 Å². The number of carboxylic acid groups (broad SMARTS) is 1. The Morgan fingerprint density at radius 2 is 1.79 bits per heavy atom. The van der Waals surface area contributed by atoms with Gasteiger partial charge in [0.25, 0.3) is 11.9 Å². The van der Waals surface area contributed by atoms with Crippen LogP contribution in [0.5, 0.6) is 5.75 Å².